The third-order valence-electron chi connectivity index (χ3n) is 8.74. The van der Waals surface area contributed by atoms with Gasteiger partial charge in [0, 0.05) is 17.0 Å². The smallest absolute Gasteiger partial charge is 0.383 e. The second-order valence-corrected chi connectivity index (χ2v) is 11.7. The molecule has 0 saturated heterocycles. The lowest BCUT2D eigenvalue weighted by Crippen LogP contribution is -2.43. The van der Waals surface area contributed by atoms with Crippen LogP contribution in [0.1, 0.15) is 67.6 Å². The zero-order chi connectivity index (χ0) is 30.9. The van der Waals surface area contributed by atoms with Crippen molar-refractivity contribution in [3.63, 3.8) is 0 Å². The van der Waals surface area contributed by atoms with Crippen molar-refractivity contribution in [2.45, 2.75) is 75.7 Å². The maximum Gasteiger partial charge on any atom is 0.413 e. The molecule has 3 aromatic rings. The Morgan fingerprint density at radius 1 is 1.05 bits per heavy atom. The summed E-state index contributed by atoms with van der Waals surface area (Å²) in [7, 11) is 0. The second kappa shape index (κ2) is 9.49. The van der Waals surface area contributed by atoms with Crippen LogP contribution in [-0.4, -0.2) is 39.1 Å². The number of hydrogen-bond donors (Lipinski definition) is 3. The van der Waals surface area contributed by atoms with Gasteiger partial charge in [-0.1, -0.05) is 29.4 Å². The summed E-state index contributed by atoms with van der Waals surface area (Å²) in [5, 5.41) is 10.5. The fourth-order valence-electron chi connectivity index (χ4n) is 6.09. The molecule has 2 saturated carbocycles. The van der Waals surface area contributed by atoms with Gasteiger partial charge >= 0.3 is 12.4 Å². The van der Waals surface area contributed by atoms with E-state index in [0.717, 1.165) is 13.8 Å². The fourth-order valence-corrected chi connectivity index (χ4v) is 6.09. The lowest BCUT2D eigenvalue weighted by atomic mass is 9.80. The summed E-state index contributed by atoms with van der Waals surface area (Å²) in [5.74, 6) is -2.07. The molecule has 2 aliphatic carbocycles. The van der Waals surface area contributed by atoms with E-state index < -0.39 is 46.4 Å². The van der Waals surface area contributed by atoms with E-state index in [2.05, 4.69) is 15.6 Å². The molecule has 2 bridgehead atoms. The van der Waals surface area contributed by atoms with Crippen molar-refractivity contribution in [3.05, 3.63) is 47.2 Å². The number of hydrogen-bond acceptors (Lipinski definition) is 6. The first kappa shape index (κ1) is 29.5. The van der Waals surface area contributed by atoms with E-state index in [4.69, 9.17) is 16.0 Å². The van der Waals surface area contributed by atoms with Crippen LogP contribution >= 0.6 is 0 Å². The van der Waals surface area contributed by atoms with E-state index in [1.165, 1.54) is 30.3 Å². The van der Waals surface area contributed by atoms with Crippen LogP contribution in [0.5, 0.6) is 0 Å². The molecular formula is C27H28F6N6O3. The molecule has 0 aliphatic heterocycles. The van der Waals surface area contributed by atoms with Gasteiger partial charge in [-0.05, 0) is 51.5 Å². The molecule has 15 heteroatoms. The van der Waals surface area contributed by atoms with Crippen LogP contribution in [0, 0.1) is 5.41 Å². The molecule has 226 valence electrons. The number of nitrogens with two attached hydrogens (primary N) is 2. The van der Waals surface area contributed by atoms with Gasteiger partial charge in [0.2, 0.25) is 11.8 Å². The third-order valence-corrected chi connectivity index (χ3v) is 8.74. The Morgan fingerprint density at radius 3 is 2.19 bits per heavy atom. The molecule has 0 atom stereocenters. The average molecular weight is 599 g/mol. The maximum absolute atomic E-state index is 13.6. The predicted octanol–water partition coefficient (Wildman–Crippen LogP) is 5.46. The summed E-state index contributed by atoms with van der Waals surface area (Å²) >= 11 is 0. The van der Waals surface area contributed by atoms with Gasteiger partial charge in [0.05, 0.1) is 17.5 Å². The number of nitrogens with zero attached hydrogens (tertiary/aromatic N) is 3. The highest BCUT2D eigenvalue weighted by Crippen LogP contribution is 2.67. The third kappa shape index (κ3) is 4.67. The number of alkyl halides is 6. The molecule has 1 aromatic carbocycles. The molecule has 0 radical (unpaired) electrons. The number of nitrogen functional groups attached to an aromatic ring is 1. The largest absolute Gasteiger partial charge is 0.413 e. The van der Waals surface area contributed by atoms with Crippen molar-refractivity contribution in [2.24, 2.45) is 11.1 Å². The average Bonchev–Trinajstić information content (AvgIpc) is 3.66. The quantitative estimate of drug-likeness (QED) is 0.308. The highest BCUT2D eigenvalue weighted by Gasteiger charge is 2.67. The van der Waals surface area contributed by atoms with Crippen molar-refractivity contribution in [3.8, 4) is 11.3 Å². The van der Waals surface area contributed by atoms with E-state index in [1.807, 2.05) is 0 Å². The highest BCUT2D eigenvalue weighted by atomic mass is 19.4. The number of anilines is 2. The van der Waals surface area contributed by atoms with Gasteiger partial charge in [-0.3, -0.25) is 14.9 Å². The van der Waals surface area contributed by atoms with Gasteiger partial charge in [-0.25, -0.2) is 4.68 Å². The van der Waals surface area contributed by atoms with Crippen LogP contribution in [0.15, 0.2) is 34.9 Å². The molecule has 0 spiro atoms. The van der Waals surface area contributed by atoms with Crippen LogP contribution in [0.4, 0.5) is 38.0 Å². The lowest BCUT2D eigenvalue weighted by Gasteiger charge is -2.29. The molecule has 0 unspecified atom stereocenters. The molecule has 2 fully saturated rings. The molecule has 2 heterocycles. The number of nitrogens with one attached hydrogen (secondary N) is 1. The second-order valence-electron chi connectivity index (χ2n) is 11.7. The van der Waals surface area contributed by atoms with Crippen molar-refractivity contribution >= 4 is 23.5 Å². The van der Waals surface area contributed by atoms with Crippen LogP contribution in [0.25, 0.3) is 11.3 Å². The maximum atomic E-state index is 13.6. The molecule has 5 rings (SSSR count). The number of fused-ring (bicyclic) bond motifs is 2. The Labute approximate surface area is 235 Å². The number of benzene rings is 1. The van der Waals surface area contributed by atoms with Crippen molar-refractivity contribution in [2.75, 3.05) is 11.1 Å². The van der Waals surface area contributed by atoms with Gasteiger partial charge in [-0.15, -0.1) is 0 Å². The number of halogens is 6. The van der Waals surface area contributed by atoms with Crippen LogP contribution in [-0.2, 0) is 22.2 Å². The normalized spacial score (nSPS) is 22.5. The van der Waals surface area contributed by atoms with E-state index in [1.54, 1.807) is 0 Å². The standard InChI is InChI=1S/C27H28F6N6O3/c1-23(2,26(28,29)30)39-21(34)19(22(35)41)20(37-39)15-5-3-14(4-6-15)11-17(40)36-18-12-16(38-42-18)24-7-9-25(13-24,10-8-24)27(31,32)33/h3-6,12H,7-11,13,34H2,1-2H3,(H2,35,41)(H,36,40). The van der Waals surface area contributed by atoms with Crippen molar-refractivity contribution < 1.29 is 40.5 Å². The summed E-state index contributed by atoms with van der Waals surface area (Å²) in [4.78, 5) is 24.7. The predicted molar refractivity (Wildman–Crippen MR) is 138 cm³/mol. The molecule has 2 aromatic heterocycles. The first-order valence-corrected chi connectivity index (χ1v) is 13.1. The van der Waals surface area contributed by atoms with Crippen LogP contribution in [0.3, 0.4) is 0 Å². The van der Waals surface area contributed by atoms with Crippen LogP contribution < -0.4 is 16.8 Å². The zero-order valence-electron chi connectivity index (χ0n) is 22.6. The number of carbonyl (C=O) groups is 2. The Hall–Kier alpha value is -4.04. The minimum absolute atomic E-state index is 0.0109. The van der Waals surface area contributed by atoms with Crippen LogP contribution in [0.2, 0.25) is 0 Å². The summed E-state index contributed by atoms with van der Waals surface area (Å²) < 4.78 is 87.5. The topological polar surface area (TPSA) is 142 Å². The minimum atomic E-state index is -4.73. The monoisotopic (exact) mass is 598 g/mol. The molecule has 2 amide bonds. The van der Waals surface area contributed by atoms with E-state index in [0.29, 0.717) is 28.8 Å². The zero-order valence-corrected chi connectivity index (χ0v) is 22.6. The van der Waals surface area contributed by atoms with E-state index >= 15 is 0 Å². The van der Waals surface area contributed by atoms with Gasteiger partial charge in [0.25, 0.3) is 5.91 Å². The Morgan fingerprint density at radius 2 is 1.67 bits per heavy atom. The van der Waals surface area contributed by atoms with E-state index in [9.17, 15) is 35.9 Å². The molecule has 42 heavy (non-hydrogen) atoms. The Balaban J connectivity index is 1.29. The first-order valence-electron chi connectivity index (χ1n) is 13.1. The molecule has 9 nitrogen and oxygen atoms in total. The SMILES string of the molecule is CC(C)(n1nc(-c2ccc(CC(=O)Nc3cc(C45CCC(C(F)(F)F)(CC4)C5)no3)cc2)c(C(N)=O)c1N)C(F)(F)F. The number of carbonyl (C=O) groups excluding carboxylic acids is 2. The Kier molecular flexibility index (Phi) is 6.66. The Bertz CT molecular complexity index is 1530. The highest BCUT2D eigenvalue weighted by molar-refractivity contribution is 6.03. The van der Waals surface area contributed by atoms with Crippen molar-refractivity contribution in [1.29, 1.82) is 0 Å². The lowest BCUT2D eigenvalue weighted by molar-refractivity contribution is -0.220. The minimum Gasteiger partial charge on any atom is -0.383 e. The molecular weight excluding hydrogens is 570 g/mol. The summed E-state index contributed by atoms with van der Waals surface area (Å²) in [6.07, 6.45) is -8.45. The fraction of sp³-hybridized carbons (Fsp3) is 0.481. The summed E-state index contributed by atoms with van der Waals surface area (Å²) in [6.45, 7) is 1.72. The first-order chi connectivity index (χ1) is 19.4. The van der Waals surface area contributed by atoms with Gasteiger partial charge in [0.15, 0.2) is 5.54 Å². The van der Waals surface area contributed by atoms with E-state index in [-0.39, 0.29) is 48.4 Å². The number of amides is 2. The number of primary amides is 1. The summed E-state index contributed by atoms with van der Waals surface area (Å²) in [6, 6.07) is 7.42. The van der Waals surface area contributed by atoms with Crippen molar-refractivity contribution in [1.82, 2.24) is 14.9 Å². The number of rotatable bonds is 7. The van der Waals surface area contributed by atoms with Gasteiger partial charge < -0.3 is 16.0 Å². The molecule has 5 N–H and O–H groups in total. The molecule has 2 aliphatic rings. The number of aromatic nitrogens is 3. The summed E-state index contributed by atoms with van der Waals surface area (Å²) in [5.41, 5.74) is 6.94. The van der Waals surface area contributed by atoms with Gasteiger partial charge in [-0.2, -0.15) is 31.4 Å². The van der Waals surface area contributed by atoms with Gasteiger partial charge in [0.1, 0.15) is 17.1 Å².